The Balaban J connectivity index is 2.43. The molecule has 0 aromatic heterocycles. The minimum absolute atomic E-state index is 0.469. The minimum Gasteiger partial charge on any atom is -0.492 e. The monoisotopic (exact) mass is 308 g/mol. The second-order valence-electron chi connectivity index (χ2n) is 6.27. The van der Waals surface area contributed by atoms with E-state index in [4.69, 9.17) is 9.47 Å². The van der Waals surface area contributed by atoms with Gasteiger partial charge in [-0.15, -0.1) is 0 Å². The average molecular weight is 308 g/mol. The summed E-state index contributed by atoms with van der Waals surface area (Å²) in [4.78, 5) is 11.7. The molecule has 2 N–H and O–H groups in total. The smallest absolute Gasteiger partial charge is 0.412 e. The summed E-state index contributed by atoms with van der Waals surface area (Å²) in [7, 11) is 0. The topological polar surface area (TPSA) is 59.6 Å². The Morgan fingerprint density at radius 1 is 1.32 bits per heavy atom. The van der Waals surface area contributed by atoms with Gasteiger partial charge in [-0.3, -0.25) is 5.32 Å². The lowest BCUT2D eigenvalue weighted by molar-refractivity contribution is 0.0636. The van der Waals surface area contributed by atoms with Crippen LogP contribution in [0.15, 0.2) is 24.3 Å². The summed E-state index contributed by atoms with van der Waals surface area (Å²) in [5, 5.41) is 6.06. The zero-order valence-electron chi connectivity index (χ0n) is 14.2. The molecule has 1 rings (SSSR count). The highest BCUT2D eigenvalue weighted by atomic mass is 16.6. The van der Waals surface area contributed by atoms with Crippen molar-refractivity contribution in [2.45, 2.75) is 52.7 Å². The summed E-state index contributed by atoms with van der Waals surface area (Å²) in [5.74, 6) is 0.722. The lowest BCUT2D eigenvalue weighted by Gasteiger charge is -2.19. The van der Waals surface area contributed by atoms with Crippen molar-refractivity contribution < 1.29 is 14.3 Å². The first kappa shape index (κ1) is 18.3. The Labute approximate surface area is 133 Å². The van der Waals surface area contributed by atoms with Crippen LogP contribution in [0.1, 0.15) is 41.0 Å². The lowest BCUT2D eigenvalue weighted by Crippen LogP contribution is -2.29. The van der Waals surface area contributed by atoms with Crippen LogP contribution in [0.4, 0.5) is 10.5 Å². The fourth-order valence-corrected chi connectivity index (χ4v) is 1.70. The molecule has 0 spiro atoms. The van der Waals surface area contributed by atoms with Crippen molar-refractivity contribution in [3.8, 4) is 5.75 Å². The number of hydrogen-bond donors (Lipinski definition) is 2. The number of hydrogen-bond acceptors (Lipinski definition) is 4. The summed E-state index contributed by atoms with van der Waals surface area (Å²) >= 11 is 0. The molecule has 0 radical (unpaired) electrons. The van der Waals surface area contributed by atoms with E-state index >= 15 is 0 Å². The Bertz CT molecular complexity index is 469. The van der Waals surface area contributed by atoms with Crippen LogP contribution in [0, 0.1) is 0 Å². The molecule has 0 saturated heterocycles. The van der Waals surface area contributed by atoms with Gasteiger partial charge in [-0.25, -0.2) is 4.79 Å². The molecule has 22 heavy (non-hydrogen) atoms. The van der Waals surface area contributed by atoms with Crippen molar-refractivity contribution in [1.82, 2.24) is 5.32 Å². The third-order valence-corrected chi connectivity index (χ3v) is 2.96. The predicted molar refractivity (Wildman–Crippen MR) is 89.5 cm³/mol. The molecule has 5 heteroatoms. The normalized spacial score (nSPS) is 12.6. The second kappa shape index (κ2) is 8.63. The fourth-order valence-electron chi connectivity index (χ4n) is 1.70. The van der Waals surface area contributed by atoms with E-state index in [-0.39, 0.29) is 0 Å². The van der Waals surface area contributed by atoms with E-state index in [1.165, 1.54) is 0 Å². The van der Waals surface area contributed by atoms with Crippen LogP contribution in [0.5, 0.6) is 5.75 Å². The van der Waals surface area contributed by atoms with Crippen LogP contribution in [-0.2, 0) is 4.74 Å². The molecule has 124 valence electrons. The molecule has 0 aliphatic rings. The fraction of sp³-hybridized carbons (Fsp3) is 0.588. The standard InChI is InChI=1S/C17H28N2O3/c1-6-13(2)18-10-11-21-15-9-7-8-14(12-15)19-16(20)22-17(3,4)5/h7-9,12-13,18H,6,10-11H2,1-5H3,(H,19,20). The highest BCUT2D eigenvalue weighted by Crippen LogP contribution is 2.18. The third-order valence-electron chi connectivity index (χ3n) is 2.96. The van der Waals surface area contributed by atoms with E-state index in [2.05, 4.69) is 24.5 Å². The molecule has 1 aromatic carbocycles. The molecule has 1 atom stereocenters. The highest BCUT2D eigenvalue weighted by molar-refractivity contribution is 5.85. The molecular formula is C17H28N2O3. The zero-order chi connectivity index (χ0) is 16.6. The number of rotatable bonds is 7. The minimum atomic E-state index is -0.514. The maximum absolute atomic E-state index is 11.7. The number of ether oxygens (including phenoxy) is 2. The van der Waals surface area contributed by atoms with Gasteiger partial charge in [-0.05, 0) is 46.2 Å². The van der Waals surface area contributed by atoms with Crippen LogP contribution < -0.4 is 15.4 Å². The highest BCUT2D eigenvalue weighted by Gasteiger charge is 2.16. The molecule has 1 aromatic rings. The molecule has 0 heterocycles. The summed E-state index contributed by atoms with van der Waals surface area (Å²) in [5.41, 5.74) is 0.140. The van der Waals surface area contributed by atoms with Gasteiger partial charge in [-0.1, -0.05) is 13.0 Å². The van der Waals surface area contributed by atoms with Crippen LogP contribution in [0.2, 0.25) is 0 Å². The van der Waals surface area contributed by atoms with Crippen LogP contribution in [0.3, 0.4) is 0 Å². The quantitative estimate of drug-likeness (QED) is 0.752. The summed E-state index contributed by atoms with van der Waals surface area (Å²) in [6.45, 7) is 11.2. The molecule has 0 saturated carbocycles. The van der Waals surface area contributed by atoms with Crippen LogP contribution in [-0.4, -0.2) is 30.9 Å². The van der Waals surface area contributed by atoms with Crippen molar-refractivity contribution in [3.05, 3.63) is 24.3 Å². The van der Waals surface area contributed by atoms with Crippen molar-refractivity contribution in [2.75, 3.05) is 18.5 Å². The Morgan fingerprint density at radius 2 is 2.05 bits per heavy atom. The van der Waals surface area contributed by atoms with Gasteiger partial charge < -0.3 is 14.8 Å². The number of carbonyl (C=O) groups excluding carboxylic acids is 1. The van der Waals surface area contributed by atoms with Crippen LogP contribution in [0.25, 0.3) is 0 Å². The lowest BCUT2D eigenvalue weighted by atomic mass is 10.2. The molecule has 0 fully saturated rings. The number of nitrogens with one attached hydrogen (secondary N) is 2. The zero-order valence-corrected chi connectivity index (χ0v) is 14.2. The Kier molecular flexibility index (Phi) is 7.18. The maximum Gasteiger partial charge on any atom is 0.412 e. The molecule has 0 aliphatic carbocycles. The maximum atomic E-state index is 11.7. The number of anilines is 1. The van der Waals surface area contributed by atoms with E-state index < -0.39 is 11.7 Å². The van der Waals surface area contributed by atoms with Crippen LogP contribution >= 0.6 is 0 Å². The van der Waals surface area contributed by atoms with Crippen molar-refractivity contribution in [1.29, 1.82) is 0 Å². The summed E-state index contributed by atoms with van der Waals surface area (Å²) in [6.07, 6.45) is 0.623. The molecule has 0 aliphatic heterocycles. The van der Waals surface area contributed by atoms with E-state index in [9.17, 15) is 4.79 Å². The van der Waals surface area contributed by atoms with Gasteiger partial charge in [0.05, 0.1) is 0 Å². The number of benzene rings is 1. The molecule has 5 nitrogen and oxygen atoms in total. The third kappa shape index (κ3) is 7.88. The van der Waals surface area contributed by atoms with Gasteiger partial charge in [0, 0.05) is 24.3 Å². The number of amides is 1. The molecule has 1 amide bonds. The van der Waals surface area contributed by atoms with Crippen molar-refractivity contribution in [2.24, 2.45) is 0 Å². The van der Waals surface area contributed by atoms with Crippen molar-refractivity contribution >= 4 is 11.8 Å². The second-order valence-corrected chi connectivity index (χ2v) is 6.27. The molecule has 0 bridgehead atoms. The van der Waals surface area contributed by atoms with Gasteiger partial charge in [0.2, 0.25) is 0 Å². The van der Waals surface area contributed by atoms with Gasteiger partial charge in [0.25, 0.3) is 0 Å². The van der Waals surface area contributed by atoms with Gasteiger partial charge in [-0.2, -0.15) is 0 Å². The number of carbonyl (C=O) groups is 1. The Morgan fingerprint density at radius 3 is 2.68 bits per heavy atom. The van der Waals surface area contributed by atoms with Crippen molar-refractivity contribution in [3.63, 3.8) is 0 Å². The van der Waals surface area contributed by atoms with E-state index in [1.807, 2.05) is 32.9 Å². The van der Waals surface area contributed by atoms with E-state index in [0.717, 1.165) is 18.7 Å². The first-order valence-electron chi connectivity index (χ1n) is 7.76. The summed E-state index contributed by atoms with van der Waals surface area (Å²) in [6, 6.07) is 7.78. The van der Waals surface area contributed by atoms with Gasteiger partial charge in [0.15, 0.2) is 0 Å². The predicted octanol–water partition coefficient (Wildman–Crippen LogP) is 3.80. The average Bonchev–Trinajstić information content (AvgIpc) is 2.41. The largest absolute Gasteiger partial charge is 0.492 e. The van der Waals surface area contributed by atoms with Gasteiger partial charge in [0.1, 0.15) is 18.0 Å². The Hall–Kier alpha value is -1.75. The summed E-state index contributed by atoms with van der Waals surface area (Å²) < 4.78 is 10.9. The van der Waals surface area contributed by atoms with E-state index in [0.29, 0.717) is 18.3 Å². The SMILES string of the molecule is CCC(C)NCCOc1cccc(NC(=O)OC(C)(C)C)c1. The molecular weight excluding hydrogens is 280 g/mol. The van der Waals surface area contributed by atoms with E-state index in [1.54, 1.807) is 12.1 Å². The van der Waals surface area contributed by atoms with Gasteiger partial charge >= 0.3 is 6.09 Å². The first-order valence-corrected chi connectivity index (χ1v) is 7.76. The first-order chi connectivity index (χ1) is 10.3. The molecule has 1 unspecified atom stereocenters.